The molecule has 0 unspecified atom stereocenters. The molecule has 128 valence electrons. The molecule has 2 aromatic rings. The summed E-state index contributed by atoms with van der Waals surface area (Å²) in [5.74, 6) is 1.59. The summed E-state index contributed by atoms with van der Waals surface area (Å²) in [6.07, 6.45) is 0. The molecule has 0 aromatic heterocycles. The van der Waals surface area contributed by atoms with Gasteiger partial charge in [-0.25, -0.2) is 0 Å². The lowest BCUT2D eigenvalue weighted by Crippen LogP contribution is -2.13. The highest BCUT2D eigenvalue weighted by atomic mass is 79.9. The van der Waals surface area contributed by atoms with E-state index >= 15 is 0 Å². The van der Waals surface area contributed by atoms with Crippen LogP contribution >= 0.6 is 15.9 Å². The molecule has 0 radical (unpaired) electrons. The summed E-state index contributed by atoms with van der Waals surface area (Å²) < 4.78 is 21.5. The van der Waals surface area contributed by atoms with Gasteiger partial charge in [-0.15, -0.1) is 0 Å². The Hall–Kier alpha value is -2.41. The number of carbonyl (C=O) groups is 1. The first kappa shape index (κ1) is 17.9. The number of hydrogen-bond acceptors (Lipinski definition) is 5. The van der Waals surface area contributed by atoms with Crippen molar-refractivity contribution >= 4 is 27.5 Å². The number of nitrogens with one attached hydrogen (secondary N) is 1. The Balaban J connectivity index is 2.37. The minimum absolute atomic E-state index is 0.314. The van der Waals surface area contributed by atoms with Crippen molar-refractivity contribution in [3.05, 3.63) is 40.4 Å². The van der Waals surface area contributed by atoms with Gasteiger partial charge in [0.1, 0.15) is 5.75 Å². The molecule has 0 bridgehead atoms. The van der Waals surface area contributed by atoms with Crippen LogP contribution in [0.1, 0.15) is 10.4 Å². The fraction of sp³-hybridized carbons (Fsp3) is 0.235. The van der Waals surface area contributed by atoms with E-state index in [1.807, 2.05) is 0 Å². The highest BCUT2D eigenvalue weighted by molar-refractivity contribution is 9.10. The number of anilines is 1. The SMILES string of the molecule is COc1ccc(NC(=O)c2cc(OC)c(OC)c(OC)c2Br)cc1. The molecule has 0 atom stereocenters. The van der Waals surface area contributed by atoms with Crippen LogP contribution in [-0.2, 0) is 0 Å². The van der Waals surface area contributed by atoms with Crippen molar-refractivity contribution in [2.75, 3.05) is 33.8 Å². The van der Waals surface area contributed by atoms with Crippen molar-refractivity contribution in [2.45, 2.75) is 0 Å². The molecule has 1 N–H and O–H groups in total. The van der Waals surface area contributed by atoms with E-state index in [1.54, 1.807) is 37.4 Å². The van der Waals surface area contributed by atoms with Gasteiger partial charge >= 0.3 is 0 Å². The van der Waals surface area contributed by atoms with Gasteiger partial charge < -0.3 is 24.3 Å². The lowest BCUT2D eigenvalue weighted by atomic mass is 10.1. The number of hydrogen-bond donors (Lipinski definition) is 1. The summed E-state index contributed by atoms with van der Waals surface area (Å²) in [6, 6.07) is 8.62. The third kappa shape index (κ3) is 3.56. The molecule has 0 aliphatic carbocycles. The van der Waals surface area contributed by atoms with Gasteiger partial charge in [-0.05, 0) is 46.3 Å². The van der Waals surface area contributed by atoms with E-state index in [-0.39, 0.29) is 5.91 Å². The predicted molar refractivity (Wildman–Crippen MR) is 94.7 cm³/mol. The standard InChI is InChI=1S/C17H18BrNO5/c1-21-11-7-5-10(6-8-11)19-17(20)12-9-13(22-2)15(23-3)16(24-4)14(12)18/h5-9H,1-4H3,(H,19,20). The topological polar surface area (TPSA) is 66.0 Å². The number of benzene rings is 2. The quantitative estimate of drug-likeness (QED) is 0.806. The normalized spacial score (nSPS) is 10.0. The molecule has 0 aliphatic heterocycles. The molecule has 1 amide bonds. The Morgan fingerprint density at radius 3 is 2.04 bits per heavy atom. The second-order valence-corrected chi connectivity index (χ2v) is 5.48. The molecule has 0 saturated carbocycles. The van der Waals surface area contributed by atoms with E-state index in [2.05, 4.69) is 21.2 Å². The van der Waals surface area contributed by atoms with Crippen LogP contribution < -0.4 is 24.3 Å². The van der Waals surface area contributed by atoms with E-state index < -0.39 is 0 Å². The number of ether oxygens (including phenoxy) is 4. The zero-order chi connectivity index (χ0) is 17.7. The van der Waals surface area contributed by atoms with Gasteiger partial charge in [-0.2, -0.15) is 0 Å². The number of methoxy groups -OCH3 is 4. The first-order valence-electron chi connectivity index (χ1n) is 6.99. The van der Waals surface area contributed by atoms with Gasteiger partial charge in [0.2, 0.25) is 5.75 Å². The third-order valence-electron chi connectivity index (χ3n) is 3.36. The smallest absolute Gasteiger partial charge is 0.257 e. The zero-order valence-electron chi connectivity index (χ0n) is 13.8. The molecule has 0 fully saturated rings. The van der Waals surface area contributed by atoms with Gasteiger partial charge in [0, 0.05) is 5.69 Å². The largest absolute Gasteiger partial charge is 0.497 e. The Morgan fingerprint density at radius 1 is 0.917 bits per heavy atom. The zero-order valence-corrected chi connectivity index (χ0v) is 15.4. The number of amides is 1. The average molecular weight is 396 g/mol. The summed E-state index contributed by atoms with van der Waals surface area (Å²) in [5, 5.41) is 2.81. The lowest BCUT2D eigenvalue weighted by Gasteiger charge is -2.16. The van der Waals surface area contributed by atoms with E-state index in [9.17, 15) is 4.79 Å². The number of carbonyl (C=O) groups excluding carboxylic acids is 1. The Labute approximate surface area is 148 Å². The van der Waals surface area contributed by atoms with Crippen LogP contribution in [-0.4, -0.2) is 34.3 Å². The van der Waals surface area contributed by atoms with Crippen LogP contribution in [0, 0.1) is 0 Å². The van der Waals surface area contributed by atoms with E-state index in [4.69, 9.17) is 18.9 Å². The predicted octanol–water partition coefficient (Wildman–Crippen LogP) is 3.74. The van der Waals surface area contributed by atoms with Gasteiger partial charge in [0.25, 0.3) is 5.91 Å². The molecule has 0 heterocycles. The number of halogens is 1. The molecule has 24 heavy (non-hydrogen) atoms. The van der Waals surface area contributed by atoms with Crippen molar-refractivity contribution in [3.8, 4) is 23.0 Å². The molecule has 0 spiro atoms. The van der Waals surface area contributed by atoms with E-state index in [1.165, 1.54) is 21.3 Å². The summed E-state index contributed by atoms with van der Waals surface area (Å²) in [6.45, 7) is 0. The van der Waals surface area contributed by atoms with Gasteiger partial charge in [-0.1, -0.05) is 0 Å². The van der Waals surface area contributed by atoms with Gasteiger partial charge in [0.15, 0.2) is 11.5 Å². The first-order chi connectivity index (χ1) is 11.5. The monoisotopic (exact) mass is 395 g/mol. The van der Waals surface area contributed by atoms with Gasteiger partial charge in [0.05, 0.1) is 38.5 Å². The maximum atomic E-state index is 12.6. The van der Waals surface area contributed by atoms with Crippen LogP contribution in [0.2, 0.25) is 0 Å². The summed E-state index contributed by atoms with van der Waals surface area (Å²) in [4.78, 5) is 12.6. The van der Waals surface area contributed by atoms with E-state index in [0.29, 0.717) is 38.7 Å². The van der Waals surface area contributed by atoms with Crippen molar-refractivity contribution < 1.29 is 23.7 Å². The molecule has 2 rings (SSSR count). The number of rotatable bonds is 6. The van der Waals surface area contributed by atoms with Crippen LogP contribution in [0.25, 0.3) is 0 Å². The molecule has 6 nitrogen and oxygen atoms in total. The van der Waals surface area contributed by atoms with Crippen LogP contribution in [0.4, 0.5) is 5.69 Å². The van der Waals surface area contributed by atoms with Crippen molar-refractivity contribution in [1.29, 1.82) is 0 Å². The summed E-state index contributed by atoms with van der Waals surface area (Å²) in [7, 11) is 6.08. The Kier molecular flexibility index (Phi) is 5.92. The minimum atomic E-state index is -0.314. The lowest BCUT2D eigenvalue weighted by molar-refractivity contribution is 0.102. The fourth-order valence-corrected chi connectivity index (χ4v) is 2.80. The highest BCUT2D eigenvalue weighted by Crippen LogP contribution is 2.44. The fourth-order valence-electron chi connectivity index (χ4n) is 2.16. The molecule has 0 saturated heterocycles. The third-order valence-corrected chi connectivity index (χ3v) is 4.15. The van der Waals surface area contributed by atoms with E-state index in [0.717, 1.165) is 0 Å². The highest BCUT2D eigenvalue weighted by Gasteiger charge is 2.22. The first-order valence-corrected chi connectivity index (χ1v) is 7.78. The second kappa shape index (κ2) is 7.92. The molecular weight excluding hydrogens is 378 g/mol. The van der Waals surface area contributed by atoms with Crippen molar-refractivity contribution in [3.63, 3.8) is 0 Å². The minimum Gasteiger partial charge on any atom is -0.497 e. The van der Waals surface area contributed by atoms with Gasteiger partial charge in [-0.3, -0.25) is 4.79 Å². The van der Waals surface area contributed by atoms with Crippen LogP contribution in [0.15, 0.2) is 34.8 Å². The molecule has 0 aliphatic rings. The summed E-state index contributed by atoms with van der Waals surface area (Å²) in [5.41, 5.74) is 1.00. The van der Waals surface area contributed by atoms with Crippen molar-refractivity contribution in [1.82, 2.24) is 0 Å². The molecule has 2 aromatic carbocycles. The van der Waals surface area contributed by atoms with Crippen LogP contribution in [0.3, 0.4) is 0 Å². The maximum Gasteiger partial charge on any atom is 0.257 e. The second-order valence-electron chi connectivity index (χ2n) is 4.69. The Bertz CT molecular complexity index is 731. The van der Waals surface area contributed by atoms with Crippen molar-refractivity contribution in [2.24, 2.45) is 0 Å². The van der Waals surface area contributed by atoms with Crippen LogP contribution in [0.5, 0.6) is 23.0 Å². The summed E-state index contributed by atoms with van der Waals surface area (Å²) >= 11 is 3.39. The molecule has 7 heteroatoms. The maximum absolute atomic E-state index is 12.6. The molecular formula is C17H18BrNO5. The average Bonchev–Trinajstić information content (AvgIpc) is 2.61. The Morgan fingerprint density at radius 2 is 1.54 bits per heavy atom.